The molecule has 0 bridgehead atoms. The summed E-state index contributed by atoms with van der Waals surface area (Å²) in [6, 6.07) is 6.28. The third-order valence-corrected chi connectivity index (χ3v) is 3.88. The maximum atomic E-state index is 11.7. The summed E-state index contributed by atoms with van der Waals surface area (Å²) in [6.45, 7) is 1.53. The molecule has 0 aliphatic heterocycles. The van der Waals surface area contributed by atoms with E-state index < -0.39 is 22.0 Å². The molecule has 7 nitrogen and oxygen atoms in total. The van der Waals surface area contributed by atoms with Crippen LogP contribution in [0.15, 0.2) is 24.3 Å². The maximum absolute atomic E-state index is 11.7. The Kier molecular flexibility index (Phi) is 5.78. The molecule has 1 aromatic rings. The molecule has 1 aromatic carbocycles. The van der Waals surface area contributed by atoms with Crippen molar-refractivity contribution in [1.29, 1.82) is 0 Å². The number of nitrogen functional groups attached to an aromatic ring is 1. The molecule has 112 valence electrons. The summed E-state index contributed by atoms with van der Waals surface area (Å²) < 4.78 is 31.1. The Morgan fingerprint density at radius 1 is 1.40 bits per heavy atom. The average Bonchev–Trinajstić information content (AvgIpc) is 2.29. The van der Waals surface area contributed by atoms with Gasteiger partial charge in [0.25, 0.3) is 0 Å². The molecular weight excluding hydrogens is 282 g/mol. The molecule has 20 heavy (non-hydrogen) atoms. The quantitative estimate of drug-likeness (QED) is 0.575. The minimum absolute atomic E-state index is 0.0349. The van der Waals surface area contributed by atoms with Gasteiger partial charge in [-0.3, -0.25) is 4.79 Å². The highest BCUT2D eigenvalue weighted by atomic mass is 32.2. The summed E-state index contributed by atoms with van der Waals surface area (Å²) in [5.74, 6) is -0.355. The van der Waals surface area contributed by atoms with Crippen molar-refractivity contribution in [3.05, 3.63) is 24.3 Å². The van der Waals surface area contributed by atoms with E-state index in [1.165, 1.54) is 0 Å². The molecule has 1 rings (SSSR count). The Labute approximate surface area is 118 Å². The van der Waals surface area contributed by atoms with Gasteiger partial charge in [0.2, 0.25) is 15.9 Å². The second-order valence-electron chi connectivity index (χ2n) is 4.39. The predicted molar refractivity (Wildman–Crippen MR) is 76.5 cm³/mol. The van der Waals surface area contributed by atoms with Crippen LogP contribution >= 0.6 is 0 Å². The molecule has 0 spiro atoms. The number of rotatable bonds is 8. The van der Waals surface area contributed by atoms with Gasteiger partial charge in [-0.2, -0.15) is 0 Å². The Morgan fingerprint density at radius 2 is 2.05 bits per heavy atom. The van der Waals surface area contributed by atoms with E-state index in [0.717, 1.165) is 0 Å². The number of carbonyl (C=O) groups is 1. The van der Waals surface area contributed by atoms with E-state index in [0.29, 0.717) is 11.4 Å². The van der Waals surface area contributed by atoms with E-state index in [9.17, 15) is 13.2 Å². The zero-order valence-corrected chi connectivity index (χ0v) is 12.0. The number of hydrogen-bond acceptors (Lipinski definition) is 5. The molecule has 0 radical (unpaired) electrons. The van der Waals surface area contributed by atoms with Crippen LogP contribution in [-0.4, -0.2) is 32.7 Å². The lowest BCUT2D eigenvalue weighted by atomic mass is 10.2. The third kappa shape index (κ3) is 5.89. The smallest absolute Gasteiger partial charge is 0.219 e. The van der Waals surface area contributed by atoms with Crippen LogP contribution in [0.25, 0.3) is 0 Å². The van der Waals surface area contributed by atoms with Crippen molar-refractivity contribution in [3.8, 4) is 5.75 Å². The van der Waals surface area contributed by atoms with Crippen molar-refractivity contribution in [2.45, 2.75) is 19.4 Å². The predicted octanol–water partition coefficient (Wildman–Crippen LogP) is -0.169. The summed E-state index contributed by atoms with van der Waals surface area (Å²) in [5, 5.41) is 0. The highest BCUT2D eigenvalue weighted by Gasteiger charge is 2.16. The molecule has 0 heterocycles. The number of ether oxygens (including phenoxy) is 1. The molecule has 0 aliphatic carbocycles. The first kappa shape index (κ1) is 16.3. The number of nitrogens with two attached hydrogens (primary N) is 2. The first-order valence-corrected chi connectivity index (χ1v) is 7.71. The number of benzene rings is 1. The molecule has 0 saturated carbocycles. The molecule has 0 aromatic heterocycles. The molecule has 1 amide bonds. The topological polar surface area (TPSA) is 125 Å². The monoisotopic (exact) mass is 301 g/mol. The van der Waals surface area contributed by atoms with Crippen LogP contribution in [0.1, 0.15) is 13.3 Å². The number of primary amides is 1. The van der Waals surface area contributed by atoms with E-state index in [-0.39, 0.29) is 18.8 Å². The first-order chi connectivity index (χ1) is 9.30. The van der Waals surface area contributed by atoms with Gasteiger partial charge in [-0.25, -0.2) is 13.1 Å². The van der Waals surface area contributed by atoms with Gasteiger partial charge in [0, 0.05) is 12.5 Å². The Balaban J connectivity index is 2.44. The number of para-hydroxylation sites is 2. The van der Waals surface area contributed by atoms with Crippen LogP contribution in [0, 0.1) is 0 Å². The van der Waals surface area contributed by atoms with Gasteiger partial charge in [-0.1, -0.05) is 12.1 Å². The van der Waals surface area contributed by atoms with Crippen molar-refractivity contribution in [1.82, 2.24) is 4.72 Å². The molecular formula is C12H19N3O4S. The van der Waals surface area contributed by atoms with E-state index >= 15 is 0 Å². The number of carbonyl (C=O) groups excluding carboxylic acids is 1. The molecule has 5 N–H and O–H groups in total. The van der Waals surface area contributed by atoms with E-state index in [1.807, 2.05) is 0 Å². The number of anilines is 1. The Bertz CT molecular complexity index is 560. The molecule has 0 saturated heterocycles. The minimum Gasteiger partial charge on any atom is -0.490 e. The van der Waals surface area contributed by atoms with Crippen molar-refractivity contribution in [2.75, 3.05) is 18.1 Å². The highest BCUT2D eigenvalue weighted by Crippen LogP contribution is 2.19. The normalized spacial score (nSPS) is 12.8. The first-order valence-electron chi connectivity index (χ1n) is 6.06. The summed E-state index contributed by atoms with van der Waals surface area (Å²) in [5.41, 5.74) is 11.1. The average molecular weight is 301 g/mol. The van der Waals surface area contributed by atoms with Crippen LogP contribution in [-0.2, 0) is 14.8 Å². The van der Waals surface area contributed by atoms with Crippen molar-refractivity contribution in [2.24, 2.45) is 5.73 Å². The van der Waals surface area contributed by atoms with Crippen LogP contribution in [0.5, 0.6) is 5.75 Å². The fourth-order valence-corrected chi connectivity index (χ4v) is 2.70. The Hall–Kier alpha value is -1.80. The highest BCUT2D eigenvalue weighted by molar-refractivity contribution is 7.89. The van der Waals surface area contributed by atoms with E-state index in [4.69, 9.17) is 16.2 Å². The summed E-state index contributed by atoms with van der Waals surface area (Å²) in [4.78, 5) is 10.7. The largest absolute Gasteiger partial charge is 0.490 e. The molecule has 8 heteroatoms. The molecule has 0 aliphatic rings. The Morgan fingerprint density at radius 3 is 2.65 bits per heavy atom. The van der Waals surface area contributed by atoms with Gasteiger partial charge in [0.05, 0.1) is 11.4 Å². The van der Waals surface area contributed by atoms with Crippen molar-refractivity contribution >= 4 is 21.6 Å². The van der Waals surface area contributed by atoms with Crippen molar-refractivity contribution in [3.63, 3.8) is 0 Å². The lowest BCUT2D eigenvalue weighted by Crippen LogP contribution is -2.38. The molecule has 1 unspecified atom stereocenters. The minimum atomic E-state index is -3.53. The van der Waals surface area contributed by atoms with Gasteiger partial charge in [-0.05, 0) is 19.1 Å². The number of nitrogens with one attached hydrogen (secondary N) is 1. The SMILES string of the molecule is CC(CC(N)=O)NS(=O)(=O)CCOc1ccccc1N. The number of sulfonamides is 1. The lowest BCUT2D eigenvalue weighted by Gasteiger charge is -2.13. The summed E-state index contributed by atoms with van der Waals surface area (Å²) in [6.07, 6.45) is -0.0499. The fraction of sp³-hybridized carbons (Fsp3) is 0.417. The van der Waals surface area contributed by atoms with Gasteiger partial charge in [0.15, 0.2) is 0 Å². The molecule has 1 atom stereocenters. The number of amides is 1. The summed E-state index contributed by atoms with van der Waals surface area (Å²) in [7, 11) is -3.53. The van der Waals surface area contributed by atoms with Crippen molar-refractivity contribution < 1.29 is 17.9 Å². The number of hydrogen-bond donors (Lipinski definition) is 3. The maximum Gasteiger partial charge on any atom is 0.219 e. The zero-order valence-electron chi connectivity index (χ0n) is 11.2. The van der Waals surface area contributed by atoms with E-state index in [2.05, 4.69) is 4.72 Å². The third-order valence-electron chi connectivity index (χ3n) is 2.42. The zero-order chi connectivity index (χ0) is 15.2. The van der Waals surface area contributed by atoms with Gasteiger partial charge < -0.3 is 16.2 Å². The standard InChI is InChI=1S/C12H19N3O4S/c1-9(8-12(14)16)15-20(17,18)7-6-19-11-5-3-2-4-10(11)13/h2-5,9,15H,6-8,13H2,1H3,(H2,14,16). The second kappa shape index (κ2) is 7.11. The van der Waals surface area contributed by atoms with Gasteiger partial charge in [0.1, 0.15) is 12.4 Å². The summed E-state index contributed by atoms with van der Waals surface area (Å²) >= 11 is 0. The van der Waals surface area contributed by atoms with E-state index in [1.54, 1.807) is 31.2 Å². The lowest BCUT2D eigenvalue weighted by molar-refractivity contribution is -0.118. The molecule has 0 fully saturated rings. The fourth-order valence-electron chi connectivity index (χ4n) is 1.58. The van der Waals surface area contributed by atoms with Crippen LogP contribution in [0.3, 0.4) is 0 Å². The van der Waals surface area contributed by atoms with Crippen LogP contribution < -0.4 is 20.9 Å². The van der Waals surface area contributed by atoms with Crippen LogP contribution in [0.2, 0.25) is 0 Å². The van der Waals surface area contributed by atoms with Gasteiger partial charge >= 0.3 is 0 Å². The second-order valence-corrected chi connectivity index (χ2v) is 6.27. The van der Waals surface area contributed by atoms with Crippen LogP contribution in [0.4, 0.5) is 5.69 Å². The van der Waals surface area contributed by atoms with Gasteiger partial charge in [-0.15, -0.1) is 0 Å².